The molecular formula is C17H26N2O. The Bertz CT molecular complexity index is 456. The molecule has 0 unspecified atom stereocenters. The molecule has 1 aromatic carbocycles. The quantitative estimate of drug-likeness (QED) is 0.886. The number of benzene rings is 1. The molecule has 2 N–H and O–H groups in total. The van der Waals surface area contributed by atoms with E-state index in [9.17, 15) is 4.79 Å². The molecule has 0 bridgehead atoms. The summed E-state index contributed by atoms with van der Waals surface area (Å²) in [6.07, 6.45) is 3.50. The molecule has 3 heteroatoms. The summed E-state index contributed by atoms with van der Waals surface area (Å²) in [7, 11) is 0. The van der Waals surface area contributed by atoms with Crippen LogP contribution in [0.2, 0.25) is 0 Å². The summed E-state index contributed by atoms with van der Waals surface area (Å²) in [5.41, 5.74) is 1.90. The third-order valence-corrected chi connectivity index (χ3v) is 3.92. The molecule has 1 aliphatic heterocycles. The molecule has 1 atom stereocenters. The van der Waals surface area contributed by atoms with Crippen LogP contribution >= 0.6 is 0 Å². The zero-order valence-electron chi connectivity index (χ0n) is 12.8. The molecule has 2 rings (SSSR count). The topological polar surface area (TPSA) is 41.1 Å². The van der Waals surface area contributed by atoms with E-state index in [2.05, 4.69) is 31.4 Å². The molecule has 0 aliphatic carbocycles. The van der Waals surface area contributed by atoms with Crippen LogP contribution in [0.3, 0.4) is 0 Å². The molecular weight excluding hydrogens is 248 g/mol. The van der Waals surface area contributed by atoms with Gasteiger partial charge in [0.1, 0.15) is 0 Å². The van der Waals surface area contributed by atoms with Gasteiger partial charge in [-0.05, 0) is 42.9 Å². The van der Waals surface area contributed by atoms with Crippen LogP contribution in [-0.4, -0.2) is 25.0 Å². The van der Waals surface area contributed by atoms with Crippen molar-refractivity contribution >= 4 is 5.91 Å². The maximum atomic E-state index is 12.4. The minimum Gasteiger partial charge on any atom is -0.352 e. The number of rotatable bonds is 4. The Morgan fingerprint density at radius 2 is 2.10 bits per heavy atom. The van der Waals surface area contributed by atoms with Crippen molar-refractivity contribution in [2.45, 2.75) is 51.5 Å². The Balaban J connectivity index is 1.95. The van der Waals surface area contributed by atoms with Crippen molar-refractivity contribution < 1.29 is 4.79 Å². The Morgan fingerprint density at radius 1 is 1.35 bits per heavy atom. The van der Waals surface area contributed by atoms with Gasteiger partial charge in [0.15, 0.2) is 0 Å². The highest BCUT2D eigenvalue weighted by molar-refractivity contribution is 5.96. The Labute approximate surface area is 122 Å². The van der Waals surface area contributed by atoms with Crippen molar-refractivity contribution in [1.29, 1.82) is 0 Å². The fraction of sp³-hybridized carbons (Fsp3) is 0.588. The maximum absolute atomic E-state index is 12.4. The van der Waals surface area contributed by atoms with Crippen LogP contribution in [0.1, 0.15) is 56.0 Å². The number of hydrogen-bond donors (Lipinski definition) is 2. The van der Waals surface area contributed by atoms with Crippen molar-refractivity contribution in [1.82, 2.24) is 10.6 Å². The van der Waals surface area contributed by atoms with E-state index in [4.69, 9.17) is 0 Å². The van der Waals surface area contributed by atoms with E-state index in [-0.39, 0.29) is 11.3 Å². The molecule has 1 aromatic rings. The molecule has 1 fully saturated rings. The molecule has 0 radical (unpaired) electrons. The third kappa shape index (κ3) is 3.83. The average molecular weight is 274 g/mol. The van der Waals surface area contributed by atoms with Gasteiger partial charge in [-0.3, -0.25) is 4.79 Å². The van der Waals surface area contributed by atoms with Gasteiger partial charge in [-0.2, -0.15) is 0 Å². The number of carbonyl (C=O) groups is 1. The first kappa shape index (κ1) is 15.0. The van der Waals surface area contributed by atoms with Gasteiger partial charge in [-0.15, -0.1) is 0 Å². The number of hydrogen-bond acceptors (Lipinski definition) is 2. The summed E-state index contributed by atoms with van der Waals surface area (Å²) in [5.74, 6) is 0.0496. The van der Waals surface area contributed by atoms with E-state index in [1.165, 1.54) is 12.8 Å². The Hall–Kier alpha value is -1.35. The van der Waals surface area contributed by atoms with Gasteiger partial charge < -0.3 is 10.6 Å². The molecule has 1 heterocycles. The highest BCUT2D eigenvalue weighted by Crippen LogP contribution is 2.25. The van der Waals surface area contributed by atoms with E-state index in [1.54, 1.807) is 0 Å². The van der Waals surface area contributed by atoms with Gasteiger partial charge in [0.05, 0.1) is 0 Å². The van der Waals surface area contributed by atoms with Crippen LogP contribution in [0.5, 0.6) is 0 Å². The van der Waals surface area contributed by atoms with Gasteiger partial charge in [-0.25, -0.2) is 0 Å². The number of nitrogens with one attached hydrogen (secondary N) is 2. The largest absolute Gasteiger partial charge is 0.352 e. The second-order valence-corrected chi connectivity index (χ2v) is 6.63. The van der Waals surface area contributed by atoms with E-state index in [0.29, 0.717) is 6.04 Å². The van der Waals surface area contributed by atoms with Crippen LogP contribution in [0.25, 0.3) is 0 Å². The van der Waals surface area contributed by atoms with E-state index < -0.39 is 0 Å². The van der Waals surface area contributed by atoms with Crippen molar-refractivity contribution in [3.8, 4) is 0 Å². The minimum absolute atomic E-state index is 0.0130. The smallest absolute Gasteiger partial charge is 0.251 e. The fourth-order valence-corrected chi connectivity index (χ4v) is 2.79. The minimum atomic E-state index is -0.0130. The van der Waals surface area contributed by atoms with E-state index in [1.807, 2.05) is 24.3 Å². The van der Waals surface area contributed by atoms with Crippen LogP contribution in [0.4, 0.5) is 0 Å². The van der Waals surface area contributed by atoms with Crippen molar-refractivity contribution in [2.24, 2.45) is 0 Å². The second-order valence-electron chi connectivity index (χ2n) is 6.63. The molecule has 110 valence electrons. The van der Waals surface area contributed by atoms with Gasteiger partial charge in [-0.1, -0.05) is 39.0 Å². The van der Waals surface area contributed by atoms with Crippen LogP contribution in [0, 0.1) is 0 Å². The standard InChI is InChI=1S/C17H26N2O/c1-17(2,3)15-9-5-4-8-14(15)16(20)19-12-10-13-7-6-11-18-13/h4-5,8-9,13,18H,6-7,10-12H2,1-3H3,(H,19,20)/t13-/m1/s1. The van der Waals surface area contributed by atoms with Crippen LogP contribution in [0.15, 0.2) is 24.3 Å². The summed E-state index contributed by atoms with van der Waals surface area (Å²) in [6.45, 7) is 8.28. The summed E-state index contributed by atoms with van der Waals surface area (Å²) in [5, 5.41) is 6.51. The molecule has 0 saturated carbocycles. The average Bonchev–Trinajstić information content (AvgIpc) is 2.91. The first-order valence-electron chi connectivity index (χ1n) is 7.59. The molecule has 1 aliphatic rings. The normalized spacial score (nSPS) is 19.1. The van der Waals surface area contributed by atoms with Gasteiger partial charge >= 0.3 is 0 Å². The predicted molar refractivity (Wildman–Crippen MR) is 83.1 cm³/mol. The fourth-order valence-electron chi connectivity index (χ4n) is 2.79. The summed E-state index contributed by atoms with van der Waals surface area (Å²) in [6, 6.07) is 8.48. The third-order valence-electron chi connectivity index (χ3n) is 3.92. The molecule has 1 saturated heterocycles. The van der Waals surface area contributed by atoms with Crippen LogP contribution in [-0.2, 0) is 5.41 Å². The highest BCUT2D eigenvalue weighted by atomic mass is 16.1. The van der Waals surface area contributed by atoms with Gasteiger partial charge in [0.2, 0.25) is 0 Å². The summed E-state index contributed by atoms with van der Waals surface area (Å²) in [4.78, 5) is 12.4. The number of carbonyl (C=O) groups excluding carboxylic acids is 1. The second kappa shape index (κ2) is 6.40. The maximum Gasteiger partial charge on any atom is 0.251 e. The lowest BCUT2D eigenvalue weighted by atomic mass is 9.83. The summed E-state index contributed by atoms with van der Waals surface area (Å²) >= 11 is 0. The van der Waals surface area contributed by atoms with Crippen molar-refractivity contribution in [3.63, 3.8) is 0 Å². The molecule has 0 aromatic heterocycles. The Kier molecular flexibility index (Phi) is 4.81. The van der Waals surface area contributed by atoms with E-state index >= 15 is 0 Å². The lowest BCUT2D eigenvalue weighted by Crippen LogP contribution is -2.32. The lowest BCUT2D eigenvalue weighted by molar-refractivity contribution is 0.0950. The van der Waals surface area contributed by atoms with E-state index in [0.717, 1.165) is 30.6 Å². The number of amides is 1. The van der Waals surface area contributed by atoms with Crippen LogP contribution < -0.4 is 10.6 Å². The summed E-state index contributed by atoms with van der Waals surface area (Å²) < 4.78 is 0. The Morgan fingerprint density at radius 3 is 2.75 bits per heavy atom. The first-order valence-corrected chi connectivity index (χ1v) is 7.59. The predicted octanol–water partition coefficient (Wildman–Crippen LogP) is 2.86. The zero-order chi connectivity index (χ0) is 14.6. The van der Waals surface area contributed by atoms with Gasteiger partial charge in [0.25, 0.3) is 5.91 Å². The monoisotopic (exact) mass is 274 g/mol. The lowest BCUT2D eigenvalue weighted by Gasteiger charge is -2.22. The molecule has 20 heavy (non-hydrogen) atoms. The first-order chi connectivity index (χ1) is 9.48. The SMILES string of the molecule is CC(C)(C)c1ccccc1C(=O)NCC[C@H]1CCCN1. The molecule has 1 amide bonds. The zero-order valence-corrected chi connectivity index (χ0v) is 12.8. The molecule has 0 spiro atoms. The molecule has 3 nitrogen and oxygen atoms in total. The van der Waals surface area contributed by atoms with Gasteiger partial charge in [0, 0.05) is 18.2 Å². The highest BCUT2D eigenvalue weighted by Gasteiger charge is 2.21. The van der Waals surface area contributed by atoms with Crippen molar-refractivity contribution in [2.75, 3.05) is 13.1 Å². The van der Waals surface area contributed by atoms with Crippen molar-refractivity contribution in [3.05, 3.63) is 35.4 Å².